The van der Waals surface area contributed by atoms with Crippen LogP contribution in [0.25, 0.3) is 0 Å². The summed E-state index contributed by atoms with van der Waals surface area (Å²) >= 11 is 0. The Bertz CT molecular complexity index is 138. The van der Waals surface area contributed by atoms with Gasteiger partial charge in [-0.05, 0) is 26.7 Å². The summed E-state index contributed by atoms with van der Waals surface area (Å²) in [6.45, 7) is 8.64. The Morgan fingerprint density at radius 1 is 1.22 bits per heavy atom. The van der Waals surface area contributed by atoms with Gasteiger partial charge in [-0.15, -0.1) is 0 Å². The summed E-state index contributed by atoms with van der Waals surface area (Å²) in [6.07, 6.45) is 4.35. The van der Waals surface area contributed by atoms with E-state index in [0.717, 1.165) is 20.1 Å². The highest BCUT2D eigenvalue weighted by Crippen LogP contribution is 1.91. The van der Waals surface area contributed by atoms with Crippen molar-refractivity contribution in [1.29, 1.82) is 0 Å². The molecule has 18 heavy (non-hydrogen) atoms. The van der Waals surface area contributed by atoms with E-state index in [4.69, 9.17) is 24.9 Å². The number of aliphatic carboxylic acids is 1. The van der Waals surface area contributed by atoms with E-state index in [1.165, 1.54) is 32.6 Å². The van der Waals surface area contributed by atoms with Gasteiger partial charge in [0.2, 0.25) is 0 Å². The number of aliphatic hydroxyl groups is 2. The van der Waals surface area contributed by atoms with Gasteiger partial charge in [-0.3, -0.25) is 0 Å². The topological polar surface area (TPSA) is 89.8 Å². The Labute approximate surface area is 111 Å². The summed E-state index contributed by atoms with van der Waals surface area (Å²) in [5.41, 5.74) is 0. The standard InChI is InChI=1S/C8H18O.C3H8O2.C2H4O2/c1-3-5-7-9-8-6-4-2;1-3(5)2-4;1-2(3)4/h3-8H2,1-2H3;3-5H,2H2,1H3;1H3,(H,3,4)/p-1. The molecule has 112 valence electrons. The zero-order chi connectivity index (χ0) is 14.8. The highest BCUT2D eigenvalue weighted by molar-refractivity contribution is 5.60. The molecule has 0 heterocycles. The predicted molar refractivity (Wildman–Crippen MR) is 70.1 cm³/mol. The van der Waals surface area contributed by atoms with Crippen LogP contribution in [0.4, 0.5) is 0 Å². The maximum Gasteiger partial charge on any atom is 0.0742 e. The fraction of sp³-hybridized carbons (Fsp3) is 0.923. The maximum absolute atomic E-state index is 8.89. The third-order valence-electron chi connectivity index (χ3n) is 1.55. The van der Waals surface area contributed by atoms with Gasteiger partial charge in [0.15, 0.2) is 0 Å². The Hall–Kier alpha value is -0.650. The zero-order valence-electron chi connectivity index (χ0n) is 12.1. The predicted octanol–water partition coefficient (Wildman–Crippen LogP) is 0.719. The Balaban J connectivity index is -0.000000212. The van der Waals surface area contributed by atoms with Crippen molar-refractivity contribution >= 4 is 5.97 Å². The van der Waals surface area contributed by atoms with Gasteiger partial charge < -0.3 is 24.9 Å². The van der Waals surface area contributed by atoms with Gasteiger partial charge in [-0.2, -0.15) is 0 Å². The van der Waals surface area contributed by atoms with E-state index >= 15 is 0 Å². The molecule has 0 aliphatic heterocycles. The van der Waals surface area contributed by atoms with Gasteiger partial charge in [0.1, 0.15) is 0 Å². The molecule has 0 radical (unpaired) electrons. The summed E-state index contributed by atoms with van der Waals surface area (Å²) in [5, 5.41) is 24.9. The van der Waals surface area contributed by atoms with Crippen molar-refractivity contribution in [3.8, 4) is 0 Å². The van der Waals surface area contributed by atoms with E-state index in [0.29, 0.717) is 0 Å². The molecule has 1 unspecified atom stereocenters. The lowest BCUT2D eigenvalue weighted by molar-refractivity contribution is -0.302. The molecular formula is C13H29O5-. The van der Waals surface area contributed by atoms with Crippen molar-refractivity contribution in [2.45, 2.75) is 59.5 Å². The minimum atomic E-state index is -1.08. The van der Waals surface area contributed by atoms with E-state index < -0.39 is 12.1 Å². The molecule has 0 spiro atoms. The van der Waals surface area contributed by atoms with Crippen molar-refractivity contribution in [3.05, 3.63) is 0 Å². The van der Waals surface area contributed by atoms with Gasteiger partial charge in [-0.1, -0.05) is 26.7 Å². The average Bonchev–Trinajstić information content (AvgIpc) is 2.29. The van der Waals surface area contributed by atoms with Crippen LogP contribution in [-0.2, 0) is 9.53 Å². The number of unbranched alkanes of at least 4 members (excludes halogenated alkanes) is 2. The summed E-state index contributed by atoms with van der Waals surface area (Å²) < 4.78 is 5.31. The summed E-state index contributed by atoms with van der Waals surface area (Å²) in [7, 11) is 0. The van der Waals surface area contributed by atoms with Crippen LogP contribution in [0.15, 0.2) is 0 Å². The van der Waals surface area contributed by atoms with E-state index in [2.05, 4.69) is 13.8 Å². The van der Waals surface area contributed by atoms with E-state index in [1.807, 2.05) is 0 Å². The van der Waals surface area contributed by atoms with Crippen molar-refractivity contribution in [3.63, 3.8) is 0 Å². The van der Waals surface area contributed by atoms with E-state index in [9.17, 15) is 0 Å². The van der Waals surface area contributed by atoms with E-state index in [1.54, 1.807) is 0 Å². The number of carbonyl (C=O) groups is 1. The molecule has 0 amide bonds. The number of aliphatic hydroxyl groups excluding tert-OH is 2. The van der Waals surface area contributed by atoms with Crippen molar-refractivity contribution < 1.29 is 24.9 Å². The van der Waals surface area contributed by atoms with Crippen LogP contribution in [-0.4, -0.2) is 42.1 Å². The van der Waals surface area contributed by atoms with Crippen LogP contribution < -0.4 is 5.11 Å². The number of carboxylic acids is 1. The minimum Gasteiger partial charge on any atom is -0.550 e. The molecule has 5 nitrogen and oxygen atoms in total. The molecule has 0 fully saturated rings. The number of hydrogen-bond acceptors (Lipinski definition) is 5. The molecule has 0 aliphatic carbocycles. The fourth-order valence-corrected chi connectivity index (χ4v) is 0.595. The first-order valence-electron chi connectivity index (χ1n) is 6.46. The number of rotatable bonds is 7. The summed E-state index contributed by atoms with van der Waals surface area (Å²) in [6, 6.07) is 0. The minimum absolute atomic E-state index is 0.139. The molecule has 0 aliphatic rings. The molecule has 0 saturated carbocycles. The van der Waals surface area contributed by atoms with Crippen molar-refractivity contribution in [2.75, 3.05) is 19.8 Å². The molecule has 0 aromatic rings. The second-order valence-electron chi connectivity index (χ2n) is 3.84. The van der Waals surface area contributed by atoms with Crippen LogP contribution >= 0.6 is 0 Å². The molecular weight excluding hydrogens is 236 g/mol. The Morgan fingerprint density at radius 2 is 1.50 bits per heavy atom. The van der Waals surface area contributed by atoms with Crippen LogP contribution in [0.3, 0.4) is 0 Å². The van der Waals surface area contributed by atoms with Gasteiger partial charge in [0.25, 0.3) is 0 Å². The highest BCUT2D eigenvalue weighted by atomic mass is 16.5. The lowest BCUT2D eigenvalue weighted by Gasteiger charge is -1.99. The van der Waals surface area contributed by atoms with Crippen LogP contribution in [0.2, 0.25) is 0 Å². The molecule has 0 rings (SSSR count). The third kappa shape index (κ3) is 58.5. The molecule has 5 heteroatoms. The lowest BCUT2D eigenvalue weighted by Crippen LogP contribution is -2.16. The van der Waals surface area contributed by atoms with Crippen LogP contribution in [0.5, 0.6) is 0 Å². The smallest absolute Gasteiger partial charge is 0.0742 e. The second-order valence-corrected chi connectivity index (χ2v) is 3.84. The first kappa shape index (κ1) is 22.5. The number of hydrogen-bond donors (Lipinski definition) is 2. The zero-order valence-corrected chi connectivity index (χ0v) is 12.1. The summed E-state index contributed by atoms with van der Waals surface area (Å²) in [4.78, 5) is 8.89. The summed E-state index contributed by atoms with van der Waals surface area (Å²) in [5.74, 6) is -1.08. The lowest BCUT2D eigenvalue weighted by atomic mass is 10.3. The highest BCUT2D eigenvalue weighted by Gasteiger charge is 1.84. The molecule has 0 saturated heterocycles. The Morgan fingerprint density at radius 3 is 1.67 bits per heavy atom. The van der Waals surface area contributed by atoms with Gasteiger partial charge in [0, 0.05) is 19.2 Å². The van der Waals surface area contributed by atoms with Gasteiger partial charge in [0.05, 0.1) is 12.7 Å². The molecule has 0 aromatic heterocycles. The normalized spacial score (nSPS) is 10.6. The quantitative estimate of drug-likeness (QED) is 0.662. The van der Waals surface area contributed by atoms with Gasteiger partial charge in [-0.25, -0.2) is 0 Å². The monoisotopic (exact) mass is 265 g/mol. The number of ether oxygens (including phenoxy) is 1. The second kappa shape index (κ2) is 21.6. The van der Waals surface area contributed by atoms with Crippen molar-refractivity contribution in [2.24, 2.45) is 0 Å². The van der Waals surface area contributed by atoms with Gasteiger partial charge >= 0.3 is 0 Å². The van der Waals surface area contributed by atoms with E-state index in [-0.39, 0.29) is 6.61 Å². The maximum atomic E-state index is 8.89. The molecule has 2 N–H and O–H groups in total. The van der Waals surface area contributed by atoms with Crippen molar-refractivity contribution in [1.82, 2.24) is 0 Å². The average molecular weight is 265 g/mol. The number of carbonyl (C=O) groups excluding carboxylic acids is 1. The van der Waals surface area contributed by atoms with Crippen LogP contribution in [0.1, 0.15) is 53.4 Å². The molecule has 0 bridgehead atoms. The fourth-order valence-electron chi connectivity index (χ4n) is 0.595. The Kier molecular flexibility index (Phi) is 27.0. The third-order valence-corrected chi connectivity index (χ3v) is 1.55. The van der Waals surface area contributed by atoms with Crippen LogP contribution in [0, 0.1) is 0 Å². The molecule has 0 aromatic carbocycles. The SMILES string of the molecule is CC(=O)[O-].CC(O)CO.CCCCOCCCC. The molecule has 1 atom stereocenters. The largest absolute Gasteiger partial charge is 0.550 e. The first-order valence-corrected chi connectivity index (χ1v) is 6.46. The first-order chi connectivity index (χ1) is 8.42. The number of carboxylic acid groups (broad SMARTS) is 1.